The number of amides is 2. The lowest BCUT2D eigenvalue weighted by atomic mass is 9.83. The molecule has 0 radical (unpaired) electrons. The first-order valence-corrected chi connectivity index (χ1v) is 11.5. The van der Waals surface area contributed by atoms with E-state index in [1.165, 1.54) is 4.90 Å². The molecule has 0 spiro atoms. The minimum atomic E-state index is -0.857. The molecule has 0 saturated carbocycles. The summed E-state index contributed by atoms with van der Waals surface area (Å²) >= 11 is 3.40. The van der Waals surface area contributed by atoms with Gasteiger partial charge in [-0.1, -0.05) is 70.5 Å². The zero-order valence-electron chi connectivity index (χ0n) is 17.3. The smallest absolute Gasteiger partial charge is 0.240 e. The van der Waals surface area contributed by atoms with E-state index in [-0.39, 0.29) is 17.6 Å². The van der Waals surface area contributed by atoms with Crippen LogP contribution in [0.2, 0.25) is 0 Å². The van der Waals surface area contributed by atoms with Gasteiger partial charge in [0.2, 0.25) is 11.8 Å². The Bertz CT molecular complexity index is 1320. The van der Waals surface area contributed by atoms with Crippen molar-refractivity contribution in [2.24, 2.45) is 16.9 Å². The van der Waals surface area contributed by atoms with E-state index in [0.29, 0.717) is 11.3 Å². The maximum Gasteiger partial charge on any atom is 0.240 e. The lowest BCUT2D eigenvalue weighted by Gasteiger charge is -2.33. The summed E-state index contributed by atoms with van der Waals surface area (Å²) in [5.74, 6) is -2.37. The van der Waals surface area contributed by atoms with E-state index in [2.05, 4.69) is 21.0 Å². The van der Waals surface area contributed by atoms with Gasteiger partial charge in [-0.2, -0.15) is 5.10 Å². The first-order valence-electron chi connectivity index (χ1n) is 10.7. The summed E-state index contributed by atoms with van der Waals surface area (Å²) in [6.07, 6.45) is 1.71. The van der Waals surface area contributed by atoms with Crippen LogP contribution in [-0.2, 0) is 9.59 Å². The van der Waals surface area contributed by atoms with Gasteiger partial charge in [0.15, 0.2) is 5.78 Å². The van der Waals surface area contributed by atoms with Crippen LogP contribution in [0.25, 0.3) is 0 Å². The van der Waals surface area contributed by atoms with Crippen molar-refractivity contribution in [3.8, 4) is 0 Å². The number of imide groups is 1. The molecule has 3 aliphatic heterocycles. The second-order valence-corrected chi connectivity index (χ2v) is 9.33. The number of nitrogens with zero attached hydrogens (tertiary/aromatic N) is 3. The predicted octanol–water partition coefficient (Wildman–Crippen LogP) is 4.21. The minimum absolute atomic E-state index is 0.205. The van der Waals surface area contributed by atoms with Crippen molar-refractivity contribution in [2.75, 3.05) is 4.90 Å². The summed E-state index contributed by atoms with van der Waals surface area (Å²) in [4.78, 5) is 42.4. The van der Waals surface area contributed by atoms with Gasteiger partial charge in [0, 0.05) is 10.0 Å². The van der Waals surface area contributed by atoms with Gasteiger partial charge in [-0.25, -0.2) is 4.90 Å². The molecule has 0 bridgehead atoms. The Morgan fingerprint density at radius 2 is 1.48 bits per heavy atom. The number of benzene rings is 3. The monoisotopic (exact) mass is 499 g/mol. The van der Waals surface area contributed by atoms with Crippen LogP contribution < -0.4 is 4.90 Å². The number of anilines is 1. The van der Waals surface area contributed by atoms with Crippen molar-refractivity contribution in [3.05, 3.63) is 100 Å². The van der Waals surface area contributed by atoms with E-state index in [1.54, 1.807) is 59.8 Å². The highest BCUT2D eigenvalue weighted by molar-refractivity contribution is 9.10. The Morgan fingerprint density at radius 3 is 2.24 bits per heavy atom. The number of hydrogen-bond donors (Lipinski definition) is 0. The molecule has 3 aliphatic rings. The van der Waals surface area contributed by atoms with E-state index in [4.69, 9.17) is 0 Å². The SMILES string of the molecule is O=C(c1ccccc1)[C@@H]1[C@@H]2C(=O)N(c3ccc(Br)cc3)C(=O)[C@H]2[C@H]2c3ccccc3C=NN12. The lowest BCUT2D eigenvalue weighted by Crippen LogP contribution is -2.44. The highest BCUT2D eigenvalue weighted by atomic mass is 79.9. The zero-order valence-corrected chi connectivity index (χ0v) is 18.9. The van der Waals surface area contributed by atoms with Crippen molar-refractivity contribution in [1.29, 1.82) is 0 Å². The largest absolute Gasteiger partial charge is 0.292 e. The number of rotatable bonds is 3. The molecule has 2 saturated heterocycles. The summed E-state index contributed by atoms with van der Waals surface area (Å²) in [6.45, 7) is 0. The van der Waals surface area contributed by atoms with Gasteiger partial charge in [-0.05, 0) is 35.4 Å². The molecular formula is C26H18BrN3O3. The molecule has 4 atom stereocenters. The van der Waals surface area contributed by atoms with Crippen LogP contribution >= 0.6 is 15.9 Å². The highest BCUT2D eigenvalue weighted by Gasteiger charge is 2.65. The summed E-state index contributed by atoms with van der Waals surface area (Å²) in [5, 5.41) is 6.26. The fourth-order valence-electron chi connectivity index (χ4n) is 5.29. The van der Waals surface area contributed by atoms with Crippen molar-refractivity contribution >= 4 is 45.4 Å². The minimum Gasteiger partial charge on any atom is -0.292 e. The number of carbonyl (C=O) groups excluding carboxylic acids is 3. The average Bonchev–Trinajstić information content (AvgIpc) is 3.32. The molecule has 0 unspecified atom stereocenters. The third-order valence-electron chi connectivity index (χ3n) is 6.70. The summed E-state index contributed by atoms with van der Waals surface area (Å²) in [6, 6.07) is 22.3. The van der Waals surface area contributed by atoms with Crippen LogP contribution in [0.5, 0.6) is 0 Å². The fourth-order valence-corrected chi connectivity index (χ4v) is 5.55. The second-order valence-electron chi connectivity index (χ2n) is 8.41. The maximum atomic E-state index is 13.8. The van der Waals surface area contributed by atoms with Crippen molar-refractivity contribution in [2.45, 2.75) is 12.1 Å². The topological polar surface area (TPSA) is 70.0 Å². The molecule has 2 amide bonds. The Hall–Kier alpha value is -3.58. The molecule has 0 aliphatic carbocycles. The van der Waals surface area contributed by atoms with E-state index in [9.17, 15) is 14.4 Å². The van der Waals surface area contributed by atoms with E-state index in [1.807, 2.05) is 30.3 Å². The number of fused-ring (bicyclic) bond motifs is 5. The molecule has 3 aromatic rings. The van der Waals surface area contributed by atoms with Crippen molar-refractivity contribution < 1.29 is 14.4 Å². The van der Waals surface area contributed by atoms with Gasteiger partial charge < -0.3 is 0 Å². The number of hydrazone groups is 1. The molecule has 2 fully saturated rings. The van der Waals surface area contributed by atoms with Crippen LogP contribution in [0.3, 0.4) is 0 Å². The van der Waals surface area contributed by atoms with Crippen LogP contribution in [0, 0.1) is 11.8 Å². The molecule has 162 valence electrons. The first kappa shape index (κ1) is 20.1. The normalized spacial score (nSPS) is 25.1. The molecular weight excluding hydrogens is 482 g/mol. The number of Topliss-reactive ketones (excluding diaryl/α,β-unsaturated/α-hetero) is 1. The molecule has 33 heavy (non-hydrogen) atoms. The third kappa shape index (κ3) is 2.92. The lowest BCUT2D eigenvalue weighted by molar-refractivity contribution is -0.124. The van der Waals surface area contributed by atoms with Crippen molar-refractivity contribution in [3.63, 3.8) is 0 Å². The van der Waals surface area contributed by atoms with E-state index in [0.717, 1.165) is 15.6 Å². The van der Waals surface area contributed by atoms with Gasteiger partial charge in [0.05, 0.1) is 29.8 Å². The summed E-state index contributed by atoms with van der Waals surface area (Å²) < 4.78 is 0.851. The number of carbonyl (C=O) groups is 3. The maximum absolute atomic E-state index is 13.8. The first-order chi connectivity index (χ1) is 16.1. The predicted molar refractivity (Wildman–Crippen MR) is 127 cm³/mol. The average molecular weight is 500 g/mol. The third-order valence-corrected chi connectivity index (χ3v) is 7.23. The van der Waals surface area contributed by atoms with Crippen LogP contribution in [0.1, 0.15) is 27.5 Å². The Kier molecular flexibility index (Phi) is 4.55. The molecule has 0 N–H and O–H groups in total. The van der Waals surface area contributed by atoms with Gasteiger partial charge in [0.25, 0.3) is 0 Å². The van der Waals surface area contributed by atoms with Gasteiger partial charge >= 0.3 is 0 Å². The standard InChI is InChI=1S/C26H18BrN3O3/c27-17-10-12-18(13-11-17)29-25(32)20-21(26(29)33)23(24(31)15-6-2-1-3-7-15)30-22(20)19-9-5-4-8-16(19)14-28-30/h1-14,20-23H/t20-,21-,22-,23+/m1/s1. The van der Waals surface area contributed by atoms with Crippen LogP contribution in [0.15, 0.2) is 88.4 Å². The van der Waals surface area contributed by atoms with Crippen molar-refractivity contribution in [1.82, 2.24) is 5.01 Å². The molecule has 0 aromatic heterocycles. The number of halogens is 1. The number of hydrogen-bond acceptors (Lipinski definition) is 5. The van der Waals surface area contributed by atoms with Gasteiger partial charge in [0.1, 0.15) is 6.04 Å². The molecule has 6 nitrogen and oxygen atoms in total. The molecule has 6 rings (SSSR count). The summed E-state index contributed by atoms with van der Waals surface area (Å²) in [7, 11) is 0. The number of ketones is 1. The summed E-state index contributed by atoms with van der Waals surface area (Å²) in [5.41, 5.74) is 2.81. The molecule has 3 aromatic carbocycles. The molecule has 3 heterocycles. The highest BCUT2D eigenvalue weighted by Crippen LogP contribution is 2.53. The second kappa shape index (κ2) is 7.49. The fraction of sp³-hybridized carbons (Fsp3) is 0.154. The zero-order chi connectivity index (χ0) is 22.7. The van der Waals surface area contributed by atoms with E-state index < -0.39 is 23.9 Å². The van der Waals surface area contributed by atoms with Crippen LogP contribution in [0.4, 0.5) is 5.69 Å². The Morgan fingerprint density at radius 1 is 0.818 bits per heavy atom. The van der Waals surface area contributed by atoms with Crippen LogP contribution in [-0.4, -0.2) is 34.9 Å². The Labute approximate surface area is 198 Å². The van der Waals surface area contributed by atoms with E-state index >= 15 is 0 Å². The molecule has 7 heteroatoms. The van der Waals surface area contributed by atoms with Gasteiger partial charge in [-0.3, -0.25) is 19.4 Å². The quantitative estimate of drug-likeness (QED) is 0.399. The Balaban J connectivity index is 1.50. The van der Waals surface area contributed by atoms with Gasteiger partial charge in [-0.15, -0.1) is 0 Å².